The maximum atomic E-state index is 3.83. The number of benzene rings is 2. The summed E-state index contributed by atoms with van der Waals surface area (Å²) in [6, 6.07) is 17.3. The second-order valence-electron chi connectivity index (χ2n) is 6.44. The van der Waals surface area contributed by atoms with E-state index in [9.17, 15) is 0 Å². The first-order valence-electron chi connectivity index (χ1n) is 7.53. The van der Waals surface area contributed by atoms with E-state index in [0.29, 0.717) is 0 Å². The highest BCUT2D eigenvalue weighted by Crippen LogP contribution is 2.23. The Kier molecular flexibility index (Phi) is 4.85. The summed E-state index contributed by atoms with van der Waals surface area (Å²) in [5.41, 5.74) is 5.40. The van der Waals surface area contributed by atoms with Crippen LogP contribution in [0.1, 0.15) is 37.5 Å². The molecule has 0 unspecified atom stereocenters. The number of nitrogens with one attached hydrogen (secondary N) is 1. The predicted molar refractivity (Wildman–Crippen MR) is 92.8 cm³/mol. The van der Waals surface area contributed by atoms with Crippen molar-refractivity contribution in [1.82, 2.24) is 0 Å². The van der Waals surface area contributed by atoms with Crippen LogP contribution in [0, 0.1) is 0 Å². The van der Waals surface area contributed by atoms with Crippen LogP contribution in [0.25, 0.3) is 0 Å². The molecule has 2 aromatic carbocycles. The van der Waals surface area contributed by atoms with Gasteiger partial charge in [0.2, 0.25) is 0 Å². The van der Waals surface area contributed by atoms with Gasteiger partial charge in [-0.05, 0) is 40.7 Å². The van der Waals surface area contributed by atoms with E-state index in [-0.39, 0.29) is 5.41 Å². The zero-order valence-electron chi connectivity index (χ0n) is 13.3. The molecule has 0 saturated carbocycles. The topological polar surface area (TPSA) is 12.0 Å². The first-order valence-corrected chi connectivity index (χ1v) is 7.53. The largest absolute Gasteiger partial charge is 0.381 e. The van der Waals surface area contributed by atoms with Gasteiger partial charge in [-0.15, -0.1) is 6.58 Å². The van der Waals surface area contributed by atoms with Crippen molar-refractivity contribution in [2.75, 3.05) is 5.32 Å². The van der Waals surface area contributed by atoms with Gasteiger partial charge in [0, 0.05) is 12.2 Å². The third-order valence-electron chi connectivity index (χ3n) is 3.72. The molecule has 0 aliphatic heterocycles. The van der Waals surface area contributed by atoms with Gasteiger partial charge in [-0.1, -0.05) is 63.2 Å². The highest BCUT2D eigenvalue weighted by atomic mass is 14.9. The average molecular weight is 279 g/mol. The Morgan fingerprint density at radius 1 is 0.952 bits per heavy atom. The first kappa shape index (κ1) is 15.4. The molecule has 0 fully saturated rings. The third kappa shape index (κ3) is 4.22. The number of allylic oxidation sites excluding steroid dienone is 1. The van der Waals surface area contributed by atoms with E-state index < -0.39 is 0 Å². The van der Waals surface area contributed by atoms with Crippen LogP contribution in [0.4, 0.5) is 5.69 Å². The number of hydrogen-bond donors (Lipinski definition) is 1. The summed E-state index contributed by atoms with van der Waals surface area (Å²) in [7, 11) is 0. The molecule has 0 spiro atoms. The Labute approximate surface area is 128 Å². The Morgan fingerprint density at radius 3 is 2.14 bits per heavy atom. The summed E-state index contributed by atoms with van der Waals surface area (Å²) in [5, 5.41) is 3.50. The summed E-state index contributed by atoms with van der Waals surface area (Å²) < 4.78 is 0. The molecule has 0 saturated heterocycles. The fraction of sp³-hybridized carbons (Fsp3) is 0.300. The molecule has 1 heteroatoms. The quantitative estimate of drug-likeness (QED) is 0.730. The lowest BCUT2D eigenvalue weighted by Crippen LogP contribution is -2.11. The van der Waals surface area contributed by atoms with Crippen LogP contribution in [0.15, 0.2) is 61.2 Å². The maximum Gasteiger partial charge on any atom is 0.0403 e. The van der Waals surface area contributed by atoms with Crippen LogP contribution < -0.4 is 5.32 Å². The molecular weight excluding hydrogens is 254 g/mol. The van der Waals surface area contributed by atoms with E-state index in [1.54, 1.807) is 0 Å². The first-order chi connectivity index (χ1) is 10.0. The lowest BCUT2D eigenvalue weighted by molar-refractivity contribution is 0.590. The van der Waals surface area contributed by atoms with E-state index in [4.69, 9.17) is 0 Å². The van der Waals surface area contributed by atoms with E-state index >= 15 is 0 Å². The van der Waals surface area contributed by atoms with E-state index in [2.05, 4.69) is 81.2 Å². The van der Waals surface area contributed by atoms with Gasteiger partial charge in [0.05, 0.1) is 0 Å². The number of hydrogen-bond acceptors (Lipinski definition) is 1. The number of anilines is 1. The van der Waals surface area contributed by atoms with Crippen molar-refractivity contribution in [3.63, 3.8) is 0 Å². The van der Waals surface area contributed by atoms with Crippen molar-refractivity contribution in [2.45, 2.75) is 39.2 Å². The molecule has 2 aromatic rings. The SMILES string of the molecule is C=CCc1ccccc1CNc1ccc(C(C)(C)C)cc1. The molecule has 0 atom stereocenters. The Balaban J connectivity index is 2.05. The van der Waals surface area contributed by atoms with Crippen molar-refractivity contribution in [1.29, 1.82) is 0 Å². The molecular formula is C20H25N. The fourth-order valence-electron chi connectivity index (χ4n) is 2.37. The van der Waals surface area contributed by atoms with Crippen LogP contribution in [0.2, 0.25) is 0 Å². The van der Waals surface area contributed by atoms with Gasteiger partial charge in [-0.25, -0.2) is 0 Å². The lowest BCUT2D eigenvalue weighted by Gasteiger charge is -2.19. The van der Waals surface area contributed by atoms with Crippen molar-refractivity contribution in [3.05, 3.63) is 77.9 Å². The molecule has 0 bridgehead atoms. The van der Waals surface area contributed by atoms with Crippen LogP contribution >= 0.6 is 0 Å². The van der Waals surface area contributed by atoms with E-state index in [1.165, 1.54) is 16.7 Å². The zero-order valence-corrected chi connectivity index (χ0v) is 13.3. The minimum atomic E-state index is 0.203. The van der Waals surface area contributed by atoms with Crippen molar-refractivity contribution in [2.24, 2.45) is 0 Å². The average Bonchev–Trinajstić information content (AvgIpc) is 2.46. The zero-order chi connectivity index (χ0) is 15.3. The second-order valence-corrected chi connectivity index (χ2v) is 6.44. The molecule has 21 heavy (non-hydrogen) atoms. The van der Waals surface area contributed by atoms with Crippen LogP contribution in [0.5, 0.6) is 0 Å². The summed E-state index contributed by atoms with van der Waals surface area (Å²) in [6.45, 7) is 11.4. The molecule has 0 radical (unpaired) electrons. The van der Waals surface area contributed by atoms with Gasteiger partial charge >= 0.3 is 0 Å². The molecule has 2 rings (SSSR count). The standard InChI is InChI=1S/C20H25N/c1-5-8-16-9-6-7-10-17(16)15-21-19-13-11-18(12-14-19)20(2,3)4/h5-7,9-14,21H,1,8,15H2,2-4H3. The lowest BCUT2D eigenvalue weighted by atomic mass is 9.87. The van der Waals surface area contributed by atoms with Gasteiger partial charge in [0.25, 0.3) is 0 Å². The van der Waals surface area contributed by atoms with Gasteiger partial charge in [-0.2, -0.15) is 0 Å². The molecule has 1 N–H and O–H groups in total. The molecule has 0 aliphatic rings. The second kappa shape index (κ2) is 6.62. The molecule has 0 amide bonds. The molecule has 110 valence electrons. The van der Waals surface area contributed by atoms with Crippen molar-refractivity contribution >= 4 is 5.69 Å². The molecule has 0 heterocycles. The fourth-order valence-corrected chi connectivity index (χ4v) is 2.37. The Hall–Kier alpha value is -2.02. The van der Waals surface area contributed by atoms with Crippen LogP contribution in [-0.2, 0) is 18.4 Å². The highest BCUT2D eigenvalue weighted by molar-refractivity contribution is 5.47. The van der Waals surface area contributed by atoms with Gasteiger partial charge in [-0.3, -0.25) is 0 Å². The monoisotopic (exact) mass is 279 g/mol. The summed E-state index contributed by atoms with van der Waals surface area (Å²) in [5.74, 6) is 0. The molecule has 1 nitrogen and oxygen atoms in total. The minimum Gasteiger partial charge on any atom is -0.381 e. The molecule has 0 aromatic heterocycles. The summed E-state index contributed by atoms with van der Waals surface area (Å²) in [4.78, 5) is 0. The van der Waals surface area contributed by atoms with Gasteiger partial charge < -0.3 is 5.32 Å². The van der Waals surface area contributed by atoms with E-state index in [1.807, 2.05) is 6.08 Å². The minimum absolute atomic E-state index is 0.203. The predicted octanol–water partition coefficient (Wildman–Crippen LogP) is 5.32. The van der Waals surface area contributed by atoms with E-state index in [0.717, 1.165) is 18.7 Å². The Morgan fingerprint density at radius 2 is 1.57 bits per heavy atom. The normalized spacial score (nSPS) is 11.2. The van der Waals surface area contributed by atoms with Crippen LogP contribution in [0.3, 0.4) is 0 Å². The van der Waals surface area contributed by atoms with Gasteiger partial charge in [0.15, 0.2) is 0 Å². The smallest absolute Gasteiger partial charge is 0.0403 e. The third-order valence-corrected chi connectivity index (χ3v) is 3.72. The van der Waals surface area contributed by atoms with Gasteiger partial charge in [0.1, 0.15) is 0 Å². The van der Waals surface area contributed by atoms with Crippen molar-refractivity contribution < 1.29 is 0 Å². The number of rotatable bonds is 5. The maximum absolute atomic E-state index is 3.83. The van der Waals surface area contributed by atoms with Crippen LogP contribution in [-0.4, -0.2) is 0 Å². The Bertz CT molecular complexity index is 588. The molecule has 0 aliphatic carbocycles. The highest BCUT2D eigenvalue weighted by Gasteiger charge is 2.12. The summed E-state index contributed by atoms with van der Waals surface area (Å²) >= 11 is 0. The summed E-state index contributed by atoms with van der Waals surface area (Å²) in [6.07, 6.45) is 2.87. The van der Waals surface area contributed by atoms with Crippen molar-refractivity contribution in [3.8, 4) is 0 Å².